The second-order valence-corrected chi connectivity index (χ2v) is 3.57. The Hall–Kier alpha value is -1.57. The van der Waals surface area contributed by atoms with E-state index in [4.69, 9.17) is 10.6 Å². The number of hydrogen-bond acceptors (Lipinski definition) is 5. The van der Waals surface area contributed by atoms with Gasteiger partial charge in [-0.05, 0) is 12.8 Å². The number of nitrogens with zero attached hydrogens (tertiary/aromatic N) is 2. The van der Waals surface area contributed by atoms with Crippen LogP contribution in [-0.4, -0.2) is 22.8 Å². The van der Waals surface area contributed by atoms with Crippen LogP contribution < -0.4 is 16.0 Å². The van der Waals surface area contributed by atoms with Gasteiger partial charge in [-0.25, -0.2) is 15.8 Å². The average Bonchev–Trinajstić information content (AvgIpc) is 2.32. The molecule has 1 heterocycles. The van der Waals surface area contributed by atoms with E-state index >= 15 is 0 Å². The van der Waals surface area contributed by atoms with Gasteiger partial charge in [0.2, 0.25) is 5.88 Å². The summed E-state index contributed by atoms with van der Waals surface area (Å²) in [6.07, 6.45) is -3.33. The highest BCUT2D eigenvalue weighted by Gasteiger charge is 2.26. The molecule has 5 nitrogen and oxygen atoms in total. The first-order chi connectivity index (χ1) is 8.48. The second kappa shape index (κ2) is 6.39. The van der Waals surface area contributed by atoms with Gasteiger partial charge < -0.3 is 10.2 Å². The molecule has 18 heavy (non-hydrogen) atoms. The summed E-state index contributed by atoms with van der Waals surface area (Å²) in [6.45, 7) is 1.80. The second-order valence-electron chi connectivity index (χ2n) is 3.57. The number of nitrogens with one attached hydrogen (secondary N) is 1. The number of ether oxygens (including phenoxy) is 1. The molecular formula is C10H15F3N4O. The molecule has 0 spiro atoms. The minimum absolute atomic E-state index is 0.0481. The van der Waals surface area contributed by atoms with Gasteiger partial charge in [0.05, 0.1) is 12.2 Å². The number of halogens is 3. The summed E-state index contributed by atoms with van der Waals surface area (Å²) in [5, 5.41) is 0. The van der Waals surface area contributed by atoms with E-state index in [0.29, 0.717) is 17.8 Å². The lowest BCUT2D eigenvalue weighted by Gasteiger charge is -2.12. The number of nitrogens with two attached hydrogens (primary N) is 1. The Morgan fingerprint density at radius 2 is 2.11 bits per heavy atom. The Bertz CT molecular complexity index is 384. The van der Waals surface area contributed by atoms with Crippen LogP contribution >= 0.6 is 0 Å². The number of rotatable bonds is 6. The van der Waals surface area contributed by atoms with Crippen LogP contribution in [0.2, 0.25) is 0 Å². The van der Waals surface area contributed by atoms with Crippen molar-refractivity contribution in [2.75, 3.05) is 12.0 Å². The Labute approximate surface area is 103 Å². The van der Waals surface area contributed by atoms with Gasteiger partial charge in [-0.3, -0.25) is 0 Å². The van der Waals surface area contributed by atoms with Gasteiger partial charge in [0.1, 0.15) is 12.1 Å². The Kier molecular flexibility index (Phi) is 5.14. The zero-order chi connectivity index (χ0) is 13.6. The number of aromatic nitrogens is 2. The monoisotopic (exact) mass is 264 g/mol. The maximum Gasteiger partial charge on any atom is 0.389 e. The fourth-order valence-corrected chi connectivity index (χ4v) is 1.41. The van der Waals surface area contributed by atoms with Gasteiger partial charge in [-0.2, -0.15) is 13.2 Å². The molecule has 0 saturated heterocycles. The van der Waals surface area contributed by atoms with Crippen molar-refractivity contribution in [3.8, 4) is 5.88 Å². The topological polar surface area (TPSA) is 73.1 Å². The van der Waals surface area contributed by atoms with Gasteiger partial charge in [0, 0.05) is 6.42 Å². The lowest BCUT2D eigenvalue weighted by atomic mass is 10.2. The van der Waals surface area contributed by atoms with Crippen LogP contribution in [0.25, 0.3) is 0 Å². The molecule has 0 amide bonds. The minimum Gasteiger partial charge on any atom is -0.477 e. The smallest absolute Gasteiger partial charge is 0.389 e. The molecule has 102 valence electrons. The summed E-state index contributed by atoms with van der Waals surface area (Å²) < 4.78 is 41.0. The van der Waals surface area contributed by atoms with E-state index in [1.807, 2.05) is 6.92 Å². The van der Waals surface area contributed by atoms with Crippen molar-refractivity contribution in [2.24, 2.45) is 5.84 Å². The SMILES string of the molecule is CCc1c(NN)ncnc1OCCCC(F)(F)F. The molecule has 0 aliphatic heterocycles. The Morgan fingerprint density at radius 3 is 2.67 bits per heavy atom. The fourth-order valence-electron chi connectivity index (χ4n) is 1.41. The zero-order valence-corrected chi connectivity index (χ0v) is 9.92. The predicted octanol–water partition coefficient (Wildman–Crippen LogP) is 2.05. The summed E-state index contributed by atoms with van der Waals surface area (Å²) in [5.74, 6) is 5.94. The normalized spacial score (nSPS) is 11.4. The first-order valence-electron chi connectivity index (χ1n) is 5.48. The molecule has 0 aliphatic rings. The molecule has 0 unspecified atom stereocenters. The van der Waals surface area contributed by atoms with Crippen molar-refractivity contribution >= 4 is 5.82 Å². The van der Waals surface area contributed by atoms with Gasteiger partial charge in [0.25, 0.3) is 0 Å². The van der Waals surface area contributed by atoms with E-state index in [9.17, 15) is 13.2 Å². The molecule has 0 aromatic carbocycles. The number of hydrazine groups is 1. The molecule has 1 aromatic heterocycles. The summed E-state index contributed by atoms with van der Waals surface area (Å²) in [6, 6.07) is 0. The third-order valence-electron chi connectivity index (χ3n) is 2.24. The first-order valence-corrected chi connectivity index (χ1v) is 5.48. The third kappa shape index (κ3) is 4.36. The summed E-state index contributed by atoms with van der Waals surface area (Å²) >= 11 is 0. The van der Waals surface area contributed by atoms with Gasteiger partial charge in [-0.15, -0.1) is 0 Å². The van der Waals surface area contributed by atoms with E-state index in [-0.39, 0.29) is 18.9 Å². The van der Waals surface area contributed by atoms with Crippen LogP contribution in [0, 0.1) is 0 Å². The van der Waals surface area contributed by atoms with Crippen molar-refractivity contribution < 1.29 is 17.9 Å². The average molecular weight is 264 g/mol. The highest BCUT2D eigenvalue weighted by molar-refractivity contribution is 5.47. The van der Waals surface area contributed by atoms with Gasteiger partial charge in [0.15, 0.2) is 0 Å². The summed E-state index contributed by atoms with van der Waals surface area (Å²) in [7, 11) is 0. The van der Waals surface area contributed by atoms with Crippen molar-refractivity contribution in [3.63, 3.8) is 0 Å². The Balaban J connectivity index is 2.57. The minimum atomic E-state index is -4.16. The quantitative estimate of drug-likeness (QED) is 0.467. The Morgan fingerprint density at radius 1 is 1.39 bits per heavy atom. The molecule has 1 aromatic rings. The number of alkyl halides is 3. The molecular weight excluding hydrogens is 249 g/mol. The molecule has 1 rings (SSSR count). The van der Waals surface area contributed by atoms with Crippen molar-refractivity contribution in [1.29, 1.82) is 0 Å². The molecule has 0 saturated carbocycles. The summed E-state index contributed by atoms with van der Waals surface area (Å²) in [4.78, 5) is 7.77. The lowest BCUT2D eigenvalue weighted by Crippen LogP contribution is -2.14. The molecule has 0 fully saturated rings. The van der Waals surface area contributed by atoms with E-state index in [0.717, 1.165) is 0 Å². The van der Waals surface area contributed by atoms with Crippen LogP contribution in [0.15, 0.2) is 6.33 Å². The van der Waals surface area contributed by atoms with Crippen molar-refractivity contribution in [1.82, 2.24) is 9.97 Å². The maximum atomic E-state index is 11.9. The van der Waals surface area contributed by atoms with Crippen LogP contribution in [-0.2, 0) is 6.42 Å². The third-order valence-corrected chi connectivity index (χ3v) is 2.24. The largest absolute Gasteiger partial charge is 0.477 e. The number of hydrogen-bond donors (Lipinski definition) is 2. The lowest BCUT2D eigenvalue weighted by molar-refractivity contribution is -0.136. The van der Waals surface area contributed by atoms with Crippen LogP contribution in [0.4, 0.5) is 19.0 Å². The van der Waals surface area contributed by atoms with E-state index in [1.165, 1.54) is 6.33 Å². The molecule has 8 heteroatoms. The van der Waals surface area contributed by atoms with E-state index in [1.54, 1.807) is 0 Å². The summed E-state index contributed by atoms with van der Waals surface area (Å²) in [5.41, 5.74) is 3.04. The molecule has 0 radical (unpaired) electrons. The highest BCUT2D eigenvalue weighted by atomic mass is 19.4. The number of nitrogen functional groups attached to an aromatic ring is 1. The highest BCUT2D eigenvalue weighted by Crippen LogP contribution is 2.24. The fraction of sp³-hybridized carbons (Fsp3) is 0.600. The standard InChI is InChI=1S/C10H15F3N4O/c1-2-7-8(17-14)15-6-16-9(7)18-5-3-4-10(11,12)13/h6H,2-5,14H2,1H3,(H,15,16,17). The zero-order valence-electron chi connectivity index (χ0n) is 9.92. The molecule has 0 bridgehead atoms. The van der Waals surface area contributed by atoms with Gasteiger partial charge in [-0.1, -0.05) is 6.92 Å². The molecule has 0 aliphatic carbocycles. The van der Waals surface area contributed by atoms with Crippen LogP contribution in [0.3, 0.4) is 0 Å². The van der Waals surface area contributed by atoms with Gasteiger partial charge >= 0.3 is 6.18 Å². The van der Waals surface area contributed by atoms with Crippen LogP contribution in [0.1, 0.15) is 25.3 Å². The predicted molar refractivity (Wildman–Crippen MR) is 60.0 cm³/mol. The number of anilines is 1. The first kappa shape index (κ1) is 14.5. The molecule has 0 atom stereocenters. The van der Waals surface area contributed by atoms with Crippen molar-refractivity contribution in [3.05, 3.63) is 11.9 Å². The van der Waals surface area contributed by atoms with E-state index in [2.05, 4.69) is 15.4 Å². The van der Waals surface area contributed by atoms with E-state index < -0.39 is 12.6 Å². The molecule has 3 N–H and O–H groups in total. The van der Waals surface area contributed by atoms with Crippen molar-refractivity contribution in [2.45, 2.75) is 32.4 Å². The van der Waals surface area contributed by atoms with Crippen LogP contribution in [0.5, 0.6) is 5.88 Å². The maximum absolute atomic E-state index is 11.9.